The van der Waals surface area contributed by atoms with E-state index in [1.165, 1.54) is 6.92 Å². The molecule has 1 N–H and O–H groups in total. The molecule has 164 valence electrons. The SMILES string of the molecule is CC(=O)c1cccc(NC(=O)COC(=O)c2cc(-c3ccccc3Cl)nc3ccccc23)c1. The number of pyridine rings is 1. The number of amides is 1. The summed E-state index contributed by atoms with van der Waals surface area (Å²) in [5.74, 6) is -1.29. The van der Waals surface area contributed by atoms with E-state index in [-0.39, 0.29) is 11.3 Å². The van der Waals surface area contributed by atoms with Gasteiger partial charge >= 0.3 is 5.97 Å². The highest BCUT2D eigenvalue weighted by Crippen LogP contribution is 2.30. The van der Waals surface area contributed by atoms with Gasteiger partial charge < -0.3 is 10.1 Å². The van der Waals surface area contributed by atoms with Gasteiger partial charge in [0.1, 0.15) is 0 Å². The zero-order valence-corrected chi connectivity index (χ0v) is 18.4. The zero-order valence-electron chi connectivity index (χ0n) is 17.7. The number of halogens is 1. The first-order chi connectivity index (χ1) is 15.9. The number of hydrogen-bond donors (Lipinski definition) is 1. The smallest absolute Gasteiger partial charge is 0.339 e. The van der Waals surface area contributed by atoms with Gasteiger partial charge in [0, 0.05) is 27.2 Å². The minimum atomic E-state index is -0.658. The Morgan fingerprint density at radius 3 is 2.48 bits per heavy atom. The number of carbonyl (C=O) groups is 3. The van der Waals surface area contributed by atoms with E-state index in [1.54, 1.807) is 54.6 Å². The number of rotatable bonds is 6. The molecule has 0 radical (unpaired) electrons. The van der Waals surface area contributed by atoms with E-state index in [1.807, 2.05) is 24.3 Å². The summed E-state index contributed by atoms with van der Waals surface area (Å²) in [7, 11) is 0. The van der Waals surface area contributed by atoms with Gasteiger partial charge in [-0.25, -0.2) is 9.78 Å². The van der Waals surface area contributed by atoms with E-state index in [2.05, 4.69) is 10.3 Å². The second-order valence-corrected chi connectivity index (χ2v) is 7.72. The molecule has 0 unspecified atom stereocenters. The molecule has 1 amide bonds. The predicted octanol–water partition coefficient (Wildman–Crippen LogP) is 5.55. The number of ketones is 1. The van der Waals surface area contributed by atoms with Crippen molar-refractivity contribution in [2.75, 3.05) is 11.9 Å². The van der Waals surface area contributed by atoms with Crippen molar-refractivity contribution < 1.29 is 19.1 Å². The van der Waals surface area contributed by atoms with Gasteiger partial charge in [-0.3, -0.25) is 9.59 Å². The van der Waals surface area contributed by atoms with Crippen LogP contribution in [-0.2, 0) is 9.53 Å². The van der Waals surface area contributed by atoms with Crippen LogP contribution in [0.25, 0.3) is 22.2 Å². The highest BCUT2D eigenvalue weighted by Gasteiger charge is 2.17. The van der Waals surface area contributed by atoms with Gasteiger partial charge in [0.15, 0.2) is 12.4 Å². The Morgan fingerprint density at radius 2 is 1.70 bits per heavy atom. The number of nitrogens with one attached hydrogen (secondary N) is 1. The average Bonchev–Trinajstić information content (AvgIpc) is 2.82. The number of nitrogens with zero attached hydrogens (tertiary/aromatic N) is 1. The maximum Gasteiger partial charge on any atom is 0.339 e. The minimum absolute atomic E-state index is 0.114. The van der Waals surface area contributed by atoms with Crippen molar-refractivity contribution in [1.82, 2.24) is 4.98 Å². The van der Waals surface area contributed by atoms with Crippen LogP contribution in [0.2, 0.25) is 5.02 Å². The molecule has 3 aromatic carbocycles. The number of Topliss-reactive ketones (excluding diaryl/α,β-unsaturated/α-hetero) is 1. The molecule has 1 aromatic heterocycles. The fraction of sp³-hybridized carbons (Fsp3) is 0.0769. The fourth-order valence-corrected chi connectivity index (χ4v) is 3.61. The molecule has 0 spiro atoms. The summed E-state index contributed by atoms with van der Waals surface area (Å²) in [6, 6.07) is 22.5. The number of anilines is 1. The summed E-state index contributed by atoms with van der Waals surface area (Å²) < 4.78 is 5.29. The topological polar surface area (TPSA) is 85.4 Å². The predicted molar refractivity (Wildman–Crippen MR) is 128 cm³/mol. The molecule has 1 heterocycles. The highest BCUT2D eigenvalue weighted by atomic mass is 35.5. The lowest BCUT2D eigenvalue weighted by Crippen LogP contribution is -2.21. The van der Waals surface area contributed by atoms with Crippen LogP contribution in [0, 0.1) is 0 Å². The van der Waals surface area contributed by atoms with Crippen molar-refractivity contribution in [1.29, 1.82) is 0 Å². The Labute approximate surface area is 195 Å². The molecule has 0 fully saturated rings. The molecule has 0 atom stereocenters. The van der Waals surface area contributed by atoms with Gasteiger partial charge in [-0.05, 0) is 37.3 Å². The number of carbonyl (C=O) groups excluding carboxylic acids is 3. The first-order valence-electron chi connectivity index (χ1n) is 10.1. The van der Waals surface area contributed by atoms with E-state index in [4.69, 9.17) is 16.3 Å². The Balaban J connectivity index is 1.55. The molecule has 6 nitrogen and oxygen atoms in total. The number of para-hydroxylation sites is 1. The second-order valence-electron chi connectivity index (χ2n) is 7.31. The molecule has 0 saturated heterocycles. The van der Waals surface area contributed by atoms with Gasteiger partial charge in [0.25, 0.3) is 5.91 Å². The summed E-state index contributed by atoms with van der Waals surface area (Å²) >= 11 is 6.32. The molecule has 33 heavy (non-hydrogen) atoms. The Hall–Kier alpha value is -4.03. The van der Waals surface area contributed by atoms with Crippen LogP contribution >= 0.6 is 11.6 Å². The van der Waals surface area contributed by atoms with Crippen LogP contribution in [0.5, 0.6) is 0 Å². The molecule has 7 heteroatoms. The van der Waals surface area contributed by atoms with Gasteiger partial charge in [-0.15, -0.1) is 0 Å². The lowest BCUT2D eigenvalue weighted by Gasteiger charge is -2.11. The van der Waals surface area contributed by atoms with Crippen molar-refractivity contribution in [3.63, 3.8) is 0 Å². The lowest BCUT2D eigenvalue weighted by molar-refractivity contribution is -0.119. The minimum Gasteiger partial charge on any atom is -0.452 e. The number of benzene rings is 3. The molecular weight excluding hydrogens is 440 g/mol. The summed E-state index contributed by atoms with van der Waals surface area (Å²) in [6.07, 6.45) is 0. The van der Waals surface area contributed by atoms with E-state index in [0.29, 0.717) is 38.4 Å². The monoisotopic (exact) mass is 458 g/mol. The first-order valence-corrected chi connectivity index (χ1v) is 10.5. The van der Waals surface area contributed by atoms with Crippen molar-refractivity contribution in [2.45, 2.75) is 6.92 Å². The van der Waals surface area contributed by atoms with E-state index in [0.717, 1.165) is 0 Å². The van der Waals surface area contributed by atoms with Gasteiger partial charge in [-0.1, -0.05) is 60.1 Å². The normalized spacial score (nSPS) is 10.6. The molecule has 4 rings (SSSR count). The van der Waals surface area contributed by atoms with Crippen molar-refractivity contribution in [2.24, 2.45) is 0 Å². The first kappa shape index (κ1) is 22.2. The number of ether oxygens (including phenoxy) is 1. The summed E-state index contributed by atoms with van der Waals surface area (Å²) in [6.45, 7) is 0.958. The highest BCUT2D eigenvalue weighted by molar-refractivity contribution is 6.33. The largest absolute Gasteiger partial charge is 0.452 e. The molecule has 0 aliphatic rings. The zero-order chi connectivity index (χ0) is 23.4. The summed E-state index contributed by atoms with van der Waals surface area (Å²) in [5, 5.41) is 3.74. The van der Waals surface area contributed by atoms with E-state index >= 15 is 0 Å². The Bertz CT molecular complexity index is 1380. The van der Waals surface area contributed by atoms with Crippen LogP contribution in [0.4, 0.5) is 5.69 Å². The quantitative estimate of drug-likeness (QED) is 0.302. The molecule has 4 aromatic rings. The van der Waals surface area contributed by atoms with E-state index in [9.17, 15) is 14.4 Å². The van der Waals surface area contributed by atoms with Crippen molar-refractivity contribution in [3.8, 4) is 11.3 Å². The van der Waals surface area contributed by atoms with Crippen LogP contribution in [0.1, 0.15) is 27.6 Å². The third-order valence-electron chi connectivity index (χ3n) is 4.97. The van der Waals surface area contributed by atoms with Crippen LogP contribution in [0.15, 0.2) is 78.9 Å². The van der Waals surface area contributed by atoms with Gasteiger partial charge in [-0.2, -0.15) is 0 Å². The lowest BCUT2D eigenvalue weighted by atomic mass is 10.0. The molecule has 0 bridgehead atoms. The fourth-order valence-electron chi connectivity index (χ4n) is 3.37. The third-order valence-corrected chi connectivity index (χ3v) is 5.30. The Morgan fingerprint density at radius 1 is 0.939 bits per heavy atom. The van der Waals surface area contributed by atoms with Crippen molar-refractivity contribution >= 4 is 45.9 Å². The maximum atomic E-state index is 12.9. The standard InChI is InChI=1S/C26H19ClN2O4/c1-16(30)17-7-6-8-18(13-17)28-25(31)15-33-26(32)21-14-24(20-10-2-4-11-22(20)27)29-23-12-5-3-9-19(21)23/h2-14H,15H2,1H3,(H,28,31). The summed E-state index contributed by atoms with van der Waals surface area (Å²) in [4.78, 5) is 41.4. The number of esters is 1. The number of aromatic nitrogens is 1. The Kier molecular flexibility index (Phi) is 6.47. The molecular formula is C26H19ClN2O4. The number of fused-ring (bicyclic) bond motifs is 1. The summed E-state index contributed by atoms with van der Waals surface area (Å²) in [5.41, 5.74) is 3.01. The van der Waals surface area contributed by atoms with Crippen LogP contribution < -0.4 is 5.32 Å². The third kappa shape index (κ3) is 5.07. The maximum absolute atomic E-state index is 12.9. The van der Waals surface area contributed by atoms with Crippen LogP contribution in [-0.4, -0.2) is 29.3 Å². The van der Waals surface area contributed by atoms with Crippen LogP contribution in [0.3, 0.4) is 0 Å². The molecule has 0 saturated carbocycles. The second kappa shape index (κ2) is 9.63. The number of hydrogen-bond acceptors (Lipinski definition) is 5. The van der Waals surface area contributed by atoms with Crippen molar-refractivity contribution in [3.05, 3.63) is 95.0 Å². The van der Waals surface area contributed by atoms with Gasteiger partial charge in [0.05, 0.1) is 16.8 Å². The van der Waals surface area contributed by atoms with E-state index < -0.39 is 18.5 Å². The van der Waals surface area contributed by atoms with Gasteiger partial charge in [0.2, 0.25) is 0 Å². The molecule has 0 aliphatic heterocycles. The molecule has 0 aliphatic carbocycles. The average molecular weight is 459 g/mol.